The molecule has 0 aliphatic rings. The van der Waals surface area contributed by atoms with Crippen LogP contribution >= 0.6 is 12.2 Å². The second-order valence-electron chi connectivity index (χ2n) is 8.16. The van der Waals surface area contributed by atoms with E-state index in [0.717, 1.165) is 46.0 Å². The summed E-state index contributed by atoms with van der Waals surface area (Å²) < 4.78 is 13.3. The fourth-order valence-electron chi connectivity index (χ4n) is 3.90. The zero-order chi connectivity index (χ0) is 25.2. The third-order valence-corrected chi connectivity index (χ3v) is 5.89. The molecule has 0 atom stereocenters. The summed E-state index contributed by atoms with van der Waals surface area (Å²) in [6, 6.07) is 26.4. The molecule has 3 aromatic carbocycles. The maximum atomic E-state index is 5.74. The lowest BCUT2D eigenvalue weighted by Crippen LogP contribution is -2.35. The third kappa shape index (κ3) is 6.64. The first-order valence-electron chi connectivity index (χ1n) is 12.3. The van der Waals surface area contributed by atoms with Crippen molar-refractivity contribution >= 4 is 17.3 Å². The molecule has 6 nitrogen and oxygen atoms in total. The third-order valence-electron chi connectivity index (χ3n) is 5.60. The minimum Gasteiger partial charge on any atom is -0.490 e. The van der Waals surface area contributed by atoms with Gasteiger partial charge in [0.2, 0.25) is 0 Å². The first kappa shape index (κ1) is 25.3. The first-order chi connectivity index (χ1) is 17.7. The minimum atomic E-state index is 0.570. The molecule has 4 rings (SSSR count). The predicted molar refractivity (Wildman–Crippen MR) is 149 cm³/mol. The molecule has 0 fully saturated rings. The maximum absolute atomic E-state index is 5.74. The van der Waals surface area contributed by atoms with Crippen LogP contribution in [0.3, 0.4) is 0 Å². The number of para-hydroxylation sites is 1. The molecule has 186 valence electrons. The van der Waals surface area contributed by atoms with Gasteiger partial charge in [-0.05, 0) is 62.3 Å². The molecule has 0 radical (unpaired) electrons. The van der Waals surface area contributed by atoms with Crippen LogP contribution in [-0.2, 0) is 13.0 Å². The Morgan fingerprint density at radius 2 is 1.56 bits per heavy atom. The van der Waals surface area contributed by atoms with Crippen LogP contribution in [0.15, 0.2) is 85.1 Å². The molecular weight excluding hydrogens is 468 g/mol. The topological polar surface area (TPSA) is 60.3 Å². The van der Waals surface area contributed by atoms with Gasteiger partial charge in [0.25, 0.3) is 0 Å². The predicted octanol–water partition coefficient (Wildman–Crippen LogP) is 5.54. The number of rotatable bonds is 11. The molecule has 1 heterocycles. The summed E-state index contributed by atoms with van der Waals surface area (Å²) in [5.41, 5.74) is 5.26. The van der Waals surface area contributed by atoms with Gasteiger partial charge < -0.3 is 20.1 Å². The second kappa shape index (κ2) is 12.7. The highest BCUT2D eigenvalue weighted by atomic mass is 32.1. The highest BCUT2D eigenvalue weighted by Crippen LogP contribution is 2.28. The number of hydrogen-bond acceptors (Lipinski definition) is 4. The smallest absolute Gasteiger partial charge is 0.166 e. The standard InChI is InChI=1S/C29H32N4O2S/c1-3-34-26-16-15-22(19-27(26)35-4-2)17-18-30-29(36)31-20-24-21-33(25-13-9-6-10-14-25)32-28(24)23-11-7-5-8-12-23/h5-16,19,21H,3-4,17-18,20H2,1-2H3,(H2,30,31,36). The van der Waals surface area contributed by atoms with Gasteiger partial charge in [-0.2, -0.15) is 5.10 Å². The molecule has 7 heteroatoms. The molecule has 0 saturated carbocycles. The molecule has 2 N–H and O–H groups in total. The number of ether oxygens (including phenoxy) is 2. The van der Waals surface area contributed by atoms with Gasteiger partial charge in [0.05, 0.1) is 24.6 Å². The fourth-order valence-corrected chi connectivity index (χ4v) is 4.07. The average molecular weight is 501 g/mol. The Kier molecular flexibility index (Phi) is 8.94. The highest BCUT2D eigenvalue weighted by Gasteiger charge is 2.13. The van der Waals surface area contributed by atoms with Crippen molar-refractivity contribution in [1.82, 2.24) is 20.4 Å². The number of benzene rings is 3. The minimum absolute atomic E-state index is 0.570. The maximum Gasteiger partial charge on any atom is 0.166 e. The van der Waals surface area contributed by atoms with Crippen LogP contribution in [0.1, 0.15) is 25.0 Å². The summed E-state index contributed by atoms with van der Waals surface area (Å²) in [6.07, 6.45) is 2.87. The average Bonchev–Trinajstić information content (AvgIpc) is 3.35. The van der Waals surface area contributed by atoms with Crippen molar-refractivity contribution in [1.29, 1.82) is 0 Å². The Labute approximate surface area is 218 Å². The molecule has 0 unspecified atom stereocenters. The molecule has 0 amide bonds. The van der Waals surface area contributed by atoms with E-state index in [0.29, 0.717) is 31.4 Å². The molecule has 0 bridgehead atoms. The lowest BCUT2D eigenvalue weighted by molar-refractivity contribution is 0.287. The van der Waals surface area contributed by atoms with Gasteiger partial charge in [-0.15, -0.1) is 0 Å². The van der Waals surface area contributed by atoms with Gasteiger partial charge in [0, 0.05) is 30.4 Å². The first-order valence-corrected chi connectivity index (χ1v) is 12.7. The Morgan fingerprint density at radius 3 is 2.28 bits per heavy atom. The van der Waals surface area contributed by atoms with Crippen LogP contribution in [0.5, 0.6) is 11.5 Å². The summed E-state index contributed by atoms with van der Waals surface area (Å²) in [5, 5.41) is 12.1. The van der Waals surface area contributed by atoms with Crippen molar-refractivity contribution in [2.45, 2.75) is 26.8 Å². The van der Waals surface area contributed by atoms with E-state index in [1.807, 2.05) is 79.2 Å². The molecular formula is C29H32N4O2S. The van der Waals surface area contributed by atoms with E-state index >= 15 is 0 Å². The van der Waals surface area contributed by atoms with Crippen LogP contribution in [0.4, 0.5) is 0 Å². The van der Waals surface area contributed by atoms with Crippen LogP contribution in [0.25, 0.3) is 16.9 Å². The van der Waals surface area contributed by atoms with Crippen molar-refractivity contribution in [3.05, 3.63) is 96.2 Å². The van der Waals surface area contributed by atoms with E-state index < -0.39 is 0 Å². The van der Waals surface area contributed by atoms with E-state index in [2.05, 4.69) is 35.0 Å². The van der Waals surface area contributed by atoms with Gasteiger partial charge >= 0.3 is 0 Å². The van der Waals surface area contributed by atoms with Crippen LogP contribution < -0.4 is 20.1 Å². The van der Waals surface area contributed by atoms with Gasteiger partial charge in [-0.3, -0.25) is 0 Å². The lowest BCUT2D eigenvalue weighted by atomic mass is 10.1. The summed E-state index contributed by atoms with van der Waals surface area (Å²) in [4.78, 5) is 0. The Morgan fingerprint density at radius 1 is 0.861 bits per heavy atom. The lowest BCUT2D eigenvalue weighted by Gasteiger charge is -2.13. The van der Waals surface area contributed by atoms with E-state index in [1.165, 1.54) is 0 Å². The molecule has 0 saturated heterocycles. The van der Waals surface area contributed by atoms with Crippen molar-refractivity contribution in [3.63, 3.8) is 0 Å². The van der Waals surface area contributed by atoms with Crippen molar-refractivity contribution in [3.8, 4) is 28.4 Å². The quantitative estimate of drug-likeness (QED) is 0.264. The monoisotopic (exact) mass is 500 g/mol. The van der Waals surface area contributed by atoms with Crippen molar-refractivity contribution in [2.24, 2.45) is 0 Å². The Balaban J connectivity index is 1.37. The summed E-state index contributed by atoms with van der Waals surface area (Å²) in [6.45, 7) is 6.43. The summed E-state index contributed by atoms with van der Waals surface area (Å²) in [7, 11) is 0. The number of thiocarbonyl (C=S) groups is 1. The Bertz CT molecular complexity index is 1260. The van der Waals surface area contributed by atoms with Crippen molar-refractivity contribution < 1.29 is 9.47 Å². The normalized spacial score (nSPS) is 10.6. The summed E-state index contributed by atoms with van der Waals surface area (Å²) in [5.74, 6) is 1.56. The van der Waals surface area contributed by atoms with Crippen LogP contribution in [-0.4, -0.2) is 34.7 Å². The largest absolute Gasteiger partial charge is 0.490 e. The highest BCUT2D eigenvalue weighted by molar-refractivity contribution is 7.80. The van der Waals surface area contributed by atoms with E-state index in [-0.39, 0.29) is 0 Å². The molecule has 1 aromatic heterocycles. The number of nitrogens with one attached hydrogen (secondary N) is 2. The molecule has 0 aliphatic carbocycles. The zero-order valence-electron chi connectivity index (χ0n) is 20.7. The second-order valence-corrected chi connectivity index (χ2v) is 8.56. The SMILES string of the molecule is CCOc1ccc(CCNC(=S)NCc2cn(-c3ccccc3)nc2-c2ccccc2)cc1OCC. The van der Waals surface area contributed by atoms with Crippen LogP contribution in [0.2, 0.25) is 0 Å². The number of nitrogens with zero attached hydrogens (tertiary/aromatic N) is 2. The number of hydrogen-bond donors (Lipinski definition) is 2. The van der Waals surface area contributed by atoms with Crippen LogP contribution in [0, 0.1) is 0 Å². The number of aromatic nitrogens is 2. The Hall–Kier alpha value is -3.84. The van der Waals surface area contributed by atoms with Gasteiger partial charge in [0.1, 0.15) is 0 Å². The van der Waals surface area contributed by atoms with Crippen molar-refractivity contribution in [2.75, 3.05) is 19.8 Å². The van der Waals surface area contributed by atoms with Gasteiger partial charge in [-0.1, -0.05) is 54.6 Å². The summed E-state index contributed by atoms with van der Waals surface area (Å²) >= 11 is 5.56. The van der Waals surface area contributed by atoms with E-state index in [1.54, 1.807) is 0 Å². The molecule has 0 aliphatic heterocycles. The van der Waals surface area contributed by atoms with Gasteiger partial charge in [-0.25, -0.2) is 4.68 Å². The van der Waals surface area contributed by atoms with Gasteiger partial charge in [0.15, 0.2) is 16.6 Å². The molecule has 36 heavy (non-hydrogen) atoms. The van der Waals surface area contributed by atoms with E-state index in [9.17, 15) is 0 Å². The van der Waals surface area contributed by atoms with E-state index in [4.69, 9.17) is 26.8 Å². The zero-order valence-corrected chi connectivity index (χ0v) is 21.6. The molecule has 0 spiro atoms. The molecule has 4 aromatic rings. The fraction of sp³-hybridized carbons (Fsp3) is 0.241.